The predicted octanol–water partition coefficient (Wildman–Crippen LogP) is 4.77. The van der Waals surface area contributed by atoms with Crippen LogP contribution in [-0.4, -0.2) is 16.4 Å². The van der Waals surface area contributed by atoms with Crippen LogP contribution in [0.15, 0.2) is 29.6 Å². The van der Waals surface area contributed by atoms with Crippen molar-refractivity contribution < 1.29 is 18.0 Å². The Labute approximate surface area is 172 Å². The van der Waals surface area contributed by atoms with Crippen molar-refractivity contribution in [3.8, 4) is 10.6 Å². The van der Waals surface area contributed by atoms with Crippen LogP contribution in [0.25, 0.3) is 10.6 Å². The van der Waals surface area contributed by atoms with Gasteiger partial charge in [0.25, 0.3) is 0 Å². The van der Waals surface area contributed by atoms with Crippen LogP contribution in [-0.2, 0) is 17.5 Å². The molecule has 0 saturated heterocycles. The van der Waals surface area contributed by atoms with Gasteiger partial charge in [0, 0.05) is 16.5 Å². The lowest BCUT2D eigenvalue weighted by molar-refractivity contribution is -0.137. The zero-order valence-electron chi connectivity index (χ0n) is 15.4. The highest BCUT2D eigenvalue weighted by atomic mass is 35.5. The third kappa shape index (κ3) is 5.24. The summed E-state index contributed by atoms with van der Waals surface area (Å²) < 4.78 is 37.9. The van der Waals surface area contributed by atoms with Crippen molar-refractivity contribution in [3.05, 3.63) is 40.9 Å². The van der Waals surface area contributed by atoms with Gasteiger partial charge in [0.05, 0.1) is 23.7 Å². The molecule has 1 saturated carbocycles. The first-order chi connectivity index (χ1) is 12.7. The number of aromatic nitrogens is 1. The summed E-state index contributed by atoms with van der Waals surface area (Å²) in [5, 5.41) is 5.32. The van der Waals surface area contributed by atoms with Crippen molar-refractivity contribution in [2.45, 2.75) is 50.9 Å². The van der Waals surface area contributed by atoms with E-state index in [0.717, 1.165) is 37.8 Å². The Balaban J connectivity index is 0.00000280. The van der Waals surface area contributed by atoms with E-state index in [0.29, 0.717) is 16.3 Å². The largest absolute Gasteiger partial charge is 0.416 e. The van der Waals surface area contributed by atoms with Gasteiger partial charge in [0.1, 0.15) is 5.01 Å². The number of hydrogen-bond donors (Lipinski definition) is 2. The number of nitrogens with two attached hydrogens (primary N) is 1. The summed E-state index contributed by atoms with van der Waals surface area (Å²) in [6.07, 6.45) is -0.695. The molecule has 2 atom stereocenters. The summed E-state index contributed by atoms with van der Waals surface area (Å²) in [6.45, 7) is 2.20. The van der Waals surface area contributed by atoms with Crippen molar-refractivity contribution in [1.29, 1.82) is 0 Å². The highest BCUT2D eigenvalue weighted by Crippen LogP contribution is 2.33. The van der Waals surface area contributed by atoms with Crippen LogP contribution in [0.1, 0.15) is 43.9 Å². The van der Waals surface area contributed by atoms with E-state index in [1.807, 2.05) is 6.92 Å². The van der Waals surface area contributed by atoms with E-state index in [2.05, 4.69) is 10.3 Å². The van der Waals surface area contributed by atoms with Gasteiger partial charge in [-0.2, -0.15) is 13.2 Å². The number of nitrogens with zero attached hydrogens (tertiary/aromatic N) is 1. The average Bonchev–Trinajstić information content (AvgIpc) is 3.08. The molecule has 9 heteroatoms. The Morgan fingerprint density at radius 2 is 2.00 bits per heavy atom. The molecule has 1 heterocycles. The Hall–Kier alpha value is -1.64. The number of carbonyl (C=O) groups is 1. The second-order valence-electron chi connectivity index (χ2n) is 7.24. The fourth-order valence-corrected chi connectivity index (χ4v) is 4.24. The molecular formula is C19H23ClF3N3OS. The maximum atomic E-state index is 12.6. The summed E-state index contributed by atoms with van der Waals surface area (Å²) in [7, 11) is 0. The third-order valence-corrected chi connectivity index (χ3v) is 5.97. The minimum atomic E-state index is -4.35. The predicted molar refractivity (Wildman–Crippen MR) is 106 cm³/mol. The lowest BCUT2D eigenvalue weighted by Gasteiger charge is -2.37. The molecule has 154 valence electrons. The standard InChI is InChI=1S/C19H22F3N3OS.ClH/c1-18(23)9-3-2-4-15(18)16(26)24-10-14-11-27-17(25-14)12-5-7-13(8-6-12)19(20,21)22;/h5-8,11,15H,2-4,9-10,23H2,1H3,(H,24,26);1H. The fourth-order valence-electron chi connectivity index (χ4n) is 3.41. The number of carbonyl (C=O) groups excluding carboxylic acids is 1. The number of alkyl halides is 3. The second-order valence-corrected chi connectivity index (χ2v) is 8.10. The molecule has 0 radical (unpaired) electrons. The van der Waals surface area contributed by atoms with E-state index in [1.54, 1.807) is 5.38 Å². The summed E-state index contributed by atoms with van der Waals surface area (Å²) in [5.74, 6) is -0.275. The number of benzene rings is 1. The van der Waals surface area contributed by atoms with Crippen LogP contribution in [0.3, 0.4) is 0 Å². The van der Waals surface area contributed by atoms with Crippen molar-refractivity contribution in [2.24, 2.45) is 11.7 Å². The monoisotopic (exact) mass is 433 g/mol. The van der Waals surface area contributed by atoms with Crippen molar-refractivity contribution >= 4 is 29.7 Å². The molecule has 0 bridgehead atoms. The molecule has 1 aliphatic rings. The molecule has 3 rings (SSSR count). The normalized spacial score (nSPS) is 22.4. The lowest BCUT2D eigenvalue weighted by Crippen LogP contribution is -2.52. The van der Waals surface area contributed by atoms with Crippen LogP contribution < -0.4 is 11.1 Å². The van der Waals surface area contributed by atoms with E-state index in [-0.39, 0.29) is 30.8 Å². The number of amides is 1. The maximum Gasteiger partial charge on any atom is 0.416 e. The third-order valence-electron chi connectivity index (χ3n) is 5.03. The Morgan fingerprint density at radius 1 is 1.32 bits per heavy atom. The van der Waals surface area contributed by atoms with Gasteiger partial charge in [0.15, 0.2) is 0 Å². The highest BCUT2D eigenvalue weighted by molar-refractivity contribution is 7.13. The molecular weight excluding hydrogens is 411 g/mol. The van der Waals surface area contributed by atoms with E-state index in [1.165, 1.54) is 23.5 Å². The summed E-state index contributed by atoms with van der Waals surface area (Å²) >= 11 is 1.33. The molecule has 2 unspecified atom stereocenters. The zero-order valence-corrected chi connectivity index (χ0v) is 17.0. The molecule has 2 aromatic rings. The van der Waals surface area contributed by atoms with Crippen molar-refractivity contribution in [3.63, 3.8) is 0 Å². The van der Waals surface area contributed by atoms with Gasteiger partial charge in [-0.05, 0) is 31.9 Å². The highest BCUT2D eigenvalue weighted by Gasteiger charge is 2.37. The van der Waals surface area contributed by atoms with Gasteiger partial charge in [-0.15, -0.1) is 23.7 Å². The molecule has 4 nitrogen and oxygen atoms in total. The van der Waals surface area contributed by atoms with E-state index in [9.17, 15) is 18.0 Å². The molecule has 28 heavy (non-hydrogen) atoms. The van der Waals surface area contributed by atoms with Crippen molar-refractivity contribution in [1.82, 2.24) is 10.3 Å². The minimum Gasteiger partial charge on any atom is -0.350 e. The Bertz CT molecular complexity index is 806. The number of hydrogen-bond acceptors (Lipinski definition) is 4. The summed E-state index contributed by atoms with van der Waals surface area (Å²) in [5.41, 5.74) is 6.38. The molecule has 1 fully saturated rings. The zero-order chi connectivity index (χ0) is 19.7. The fraction of sp³-hybridized carbons (Fsp3) is 0.474. The van der Waals surface area contributed by atoms with Gasteiger partial charge >= 0.3 is 6.18 Å². The van der Waals surface area contributed by atoms with Crippen molar-refractivity contribution in [2.75, 3.05) is 0 Å². The first kappa shape index (κ1) is 22.6. The van der Waals surface area contributed by atoms with Gasteiger partial charge in [-0.3, -0.25) is 4.79 Å². The minimum absolute atomic E-state index is 0. The first-order valence-corrected chi connectivity index (χ1v) is 9.73. The van der Waals surface area contributed by atoms with Gasteiger partial charge < -0.3 is 11.1 Å². The second kappa shape index (κ2) is 8.80. The summed E-state index contributed by atoms with van der Waals surface area (Å²) in [4.78, 5) is 16.9. The molecule has 0 spiro atoms. The van der Waals surface area contributed by atoms with Crippen LogP contribution in [0, 0.1) is 5.92 Å². The molecule has 1 aromatic carbocycles. The average molecular weight is 434 g/mol. The van der Waals surface area contributed by atoms with E-state index < -0.39 is 17.3 Å². The number of halogens is 4. The number of thiazole rings is 1. The molecule has 1 aromatic heterocycles. The summed E-state index contributed by atoms with van der Waals surface area (Å²) in [6, 6.07) is 4.91. The maximum absolute atomic E-state index is 12.6. The van der Waals surface area contributed by atoms with Gasteiger partial charge in [0.2, 0.25) is 5.91 Å². The van der Waals surface area contributed by atoms with Crippen LogP contribution in [0.2, 0.25) is 0 Å². The SMILES string of the molecule is CC1(N)CCCCC1C(=O)NCc1csc(-c2ccc(C(F)(F)F)cc2)n1.Cl. The topological polar surface area (TPSA) is 68.0 Å². The molecule has 3 N–H and O–H groups in total. The van der Waals surface area contributed by atoms with Gasteiger partial charge in [-0.25, -0.2) is 4.98 Å². The lowest BCUT2D eigenvalue weighted by atomic mass is 9.74. The molecule has 1 aliphatic carbocycles. The van der Waals surface area contributed by atoms with Gasteiger partial charge in [-0.1, -0.05) is 25.0 Å². The quantitative estimate of drug-likeness (QED) is 0.729. The first-order valence-electron chi connectivity index (χ1n) is 8.85. The smallest absolute Gasteiger partial charge is 0.350 e. The molecule has 0 aliphatic heterocycles. The van der Waals surface area contributed by atoms with E-state index >= 15 is 0 Å². The number of rotatable bonds is 4. The van der Waals surface area contributed by atoms with Crippen LogP contribution in [0.4, 0.5) is 13.2 Å². The van der Waals surface area contributed by atoms with E-state index in [4.69, 9.17) is 5.73 Å². The Morgan fingerprint density at radius 3 is 2.61 bits per heavy atom. The molecule has 1 amide bonds. The van der Waals surface area contributed by atoms with Crippen LogP contribution in [0.5, 0.6) is 0 Å². The van der Waals surface area contributed by atoms with Crippen LogP contribution >= 0.6 is 23.7 Å². The number of nitrogens with one attached hydrogen (secondary N) is 1. The Kier molecular flexibility index (Phi) is 7.12.